The second-order valence-corrected chi connectivity index (χ2v) is 9.43. The summed E-state index contributed by atoms with van der Waals surface area (Å²) >= 11 is 0. The zero-order valence-corrected chi connectivity index (χ0v) is 18.2. The van der Waals surface area contributed by atoms with Gasteiger partial charge in [-0.2, -0.15) is 10.4 Å². The molecule has 0 saturated carbocycles. The predicted molar refractivity (Wildman–Crippen MR) is 121 cm³/mol. The molecular formula is C25H28N4O2. The number of carbonyl (C=O) groups is 1. The van der Waals surface area contributed by atoms with Crippen LogP contribution in [0.1, 0.15) is 51.7 Å². The molecule has 0 bridgehead atoms. The van der Waals surface area contributed by atoms with Crippen molar-refractivity contribution in [3.05, 3.63) is 48.0 Å². The van der Waals surface area contributed by atoms with Gasteiger partial charge in [-0.15, -0.1) is 0 Å². The Bertz CT molecular complexity index is 1130. The number of amides is 1. The van der Waals surface area contributed by atoms with E-state index in [0.29, 0.717) is 13.0 Å². The molecule has 2 heterocycles. The number of nitriles is 1. The average Bonchev–Trinajstić information content (AvgIpc) is 3.17. The van der Waals surface area contributed by atoms with Crippen LogP contribution in [0.3, 0.4) is 0 Å². The minimum Gasteiger partial charge on any atom is -0.372 e. The Morgan fingerprint density at radius 3 is 2.77 bits per heavy atom. The molecule has 2 aromatic carbocycles. The van der Waals surface area contributed by atoms with Crippen molar-refractivity contribution in [1.82, 2.24) is 10.2 Å². The van der Waals surface area contributed by atoms with Crippen molar-refractivity contribution in [3.8, 4) is 17.3 Å². The fraction of sp³-hybridized carbons (Fsp3) is 0.400. The molecule has 1 fully saturated rings. The predicted octanol–water partition coefficient (Wildman–Crippen LogP) is 5.60. The van der Waals surface area contributed by atoms with E-state index in [1.165, 1.54) is 0 Å². The zero-order chi connectivity index (χ0) is 22.0. The van der Waals surface area contributed by atoms with E-state index in [2.05, 4.69) is 27.6 Å². The van der Waals surface area contributed by atoms with Gasteiger partial charge in [0.25, 0.3) is 0 Å². The Balaban J connectivity index is 1.65. The van der Waals surface area contributed by atoms with Crippen LogP contribution in [0.5, 0.6) is 0 Å². The average molecular weight is 417 g/mol. The number of ether oxygens (including phenoxy) is 1. The molecule has 6 nitrogen and oxygen atoms in total. The SMILES string of the molecule is CC(C)(C)CC(=O)Nc1cccc(-c2n[nH]c3cccc(C4CCC(C#N)CO4)c23)c1. The largest absolute Gasteiger partial charge is 0.372 e. The first-order chi connectivity index (χ1) is 14.8. The maximum Gasteiger partial charge on any atom is 0.224 e. The Morgan fingerprint density at radius 2 is 2.06 bits per heavy atom. The van der Waals surface area contributed by atoms with Crippen LogP contribution in [0, 0.1) is 22.7 Å². The summed E-state index contributed by atoms with van der Waals surface area (Å²) in [6, 6.07) is 16.2. The number of aromatic nitrogens is 2. The van der Waals surface area contributed by atoms with Gasteiger partial charge in [0.1, 0.15) is 5.69 Å². The van der Waals surface area contributed by atoms with Crippen molar-refractivity contribution in [3.63, 3.8) is 0 Å². The lowest BCUT2D eigenvalue weighted by atomic mass is 9.92. The van der Waals surface area contributed by atoms with Crippen molar-refractivity contribution in [2.24, 2.45) is 11.3 Å². The number of benzene rings is 2. The standard InChI is InChI=1S/C25H28N4O2/c1-25(2,3)13-22(30)27-18-7-4-6-17(12-18)24-23-19(8-5-9-20(23)28-29-24)21-11-10-16(14-26)15-31-21/h4-9,12,16,21H,10-11,13,15H2,1-3H3,(H,27,30)(H,28,29). The molecule has 1 aliphatic heterocycles. The number of fused-ring (bicyclic) bond motifs is 1. The van der Waals surface area contributed by atoms with E-state index in [4.69, 9.17) is 10.00 Å². The highest BCUT2D eigenvalue weighted by Gasteiger charge is 2.26. The Kier molecular flexibility index (Phi) is 5.79. The first kappa shape index (κ1) is 21.1. The Hall–Kier alpha value is -3.17. The van der Waals surface area contributed by atoms with Crippen LogP contribution in [-0.2, 0) is 9.53 Å². The lowest BCUT2D eigenvalue weighted by Gasteiger charge is -2.26. The molecule has 3 aromatic rings. The third-order valence-corrected chi connectivity index (χ3v) is 5.54. The molecule has 0 radical (unpaired) electrons. The minimum atomic E-state index is -0.0699. The summed E-state index contributed by atoms with van der Waals surface area (Å²) in [7, 11) is 0. The van der Waals surface area contributed by atoms with E-state index in [1.54, 1.807) is 0 Å². The van der Waals surface area contributed by atoms with Crippen LogP contribution < -0.4 is 5.32 Å². The van der Waals surface area contributed by atoms with Gasteiger partial charge in [-0.3, -0.25) is 9.89 Å². The van der Waals surface area contributed by atoms with Crippen molar-refractivity contribution in [2.45, 2.75) is 46.1 Å². The van der Waals surface area contributed by atoms with Gasteiger partial charge in [0.2, 0.25) is 5.91 Å². The number of hydrogen-bond donors (Lipinski definition) is 2. The number of nitrogens with zero attached hydrogens (tertiary/aromatic N) is 2. The Morgan fingerprint density at radius 1 is 1.26 bits per heavy atom. The van der Waals surface area contributed by atoms with Crippen LogP contribution in [0.15, 0.2) is 42.5 Å². The molecule has 2 atom stereocenters. The third-order valence-electron chi connectivity index (χ3n) is 5.54. The van der Waals surface area contributed by atoms with Gasteiger partial charge in [-0.05, 0) is 42.0 Å². The molecule has 2 N–H and O–H groups in total. The number of aromatic amines is 1. The third kappa shape index (κ3) is 4.78. The van der Waals surface area contributed by atoms with E-state index in [1.807, 2.05) is 57.2 Å². The summed E-state index contributed by atoms with van der Waals surface area (Å²) in [6.07, 6.45) is 2.04. The maximum atomic E-state index is 12.4. The van der Waals surface area contributed by atoms with E-state index in [0.717, 1.165) is 46.3 Å². The maximum absolute atomic E-state index is 12.4. The van der Waals surface area contributed by atoms with Crippen molar-refractivity contribution >= 4 is 22.5 Å². The van der Waals surface area contributed by atoms with E-state index in [-0.39, 0.29) is 23.3 Å². The number of hydrogen-bond acceptors (Lipinski definition) is 4. The van der Waals surface area contributed by atoms with Crippen molar-refractivity contribution < 1.29 is 9.53 Å². The molecule has 1 aliphatic rings. The summed E-state index contributed by atoms with van der Waals surface area (Å²) in [6.45, 7) is 6.60. The summed E-state index contributed by atoms with van der Waals surface area (Å²) in [5, 5.41) is 20.9. The fourth-order valence-corrected chi connectivity index (χ4v) is 4.11. The highest BCUT2D eigenvalue weighted by atomic mass is 16.5. The van der Waals surface area contributed by atoms with Crippen LogP contribution in [0.2, 0.25) is 0 Å². The van der Waals surface area contributed by atoms with Crippen LogP contribution in [0.4, 0.5) is 5.69 Å². The normalized spacial score (nSPS) is 19.2. The van der Waals surface area contributed by atoms with Crippen LogP contribution in [-0.4, -0.2) is 22.7 Å². The molecule has 6 heteroatoms. The van der Waals surface area contributed by atoms with Crippen molar-refractivity contribution in [2.75, 3.05) is 11.9 Å². The van der Waals surface area contributed by atoms with Gasteiger partial charge < -0.3 is 10.1 Å². The quantitative estimate of drug-likeness (QED) is 0.579. The lowest BCUT2D eigenvalue weighted by Crippen LogP contribution is -2.19. The lowest BCUT2D eigenvalue weighted by molar-refractivity contribution is -0.117. The van der Waals surface area contributed by atoms with Crippen molar-refractivity contribution in [1.29, 1.82) is 5.26 Å². The summed E-state index contributed by atoms with van der Waals surface area (Å²) in [5.41, 5.74) is 4.48. The van der Waals surface area contributed by atoms with Gasteiger partial charge >= 0.3 is 0 Å². The van der Waals surface area contributed by atoms with E-state index in [9.17, 15) is 4.79 Å². The molecule has 0 spiro atoms. The molecule has 31 heavy (non-hydrogen) atoms. The zero-order valence-electron chi connectivity index (χ0n) is 18.2. The van der Waals surface area contributed by atoms with Gasteiger partial charge in [0, 0.05) is 23.1 Å². The number of H-pyrrole nitrogens is 1. The molecule has 0 aliphatic carbocycles. The second kappa shape index (κ2) is 8.52. The van der Waals surface area contributed by atoms with Crippen LogP contribution in [0.25, 0.3) is 22.2 Å². The number of rotatable bonds is 4. The molecule has 160 valence electrons. The Labute approximate surface area is 182 Å². The minimum absolute atomic E-state index is 0.000113. The highest BCUT2D eigenvalue weighted by molar-refractivity contribution is 5.97. The smallest absolute Gasteiger partial charge is 0.224 e. The first-order valence-electron chi connectivity index (χ1n) is 10.7. The van der Waals surface area contributed by atoms with Crippen LogP contribution >= 0.6 is 0 Å². The molecule has 1 aromatic heterocycles. The van der Waals surface area contributed by atoms with E-state index >= 15 is 0 Å². The summed E-state index contributed by atoms with van der Waals surface area (Å²) in [4.78, 5) is 12.4. The number of carbonyl (C=O) groups excluding carboxylic acids is 1. The first-order valence-corrected chi connectivity index (χ1v) is 10.7. The second-order valence-electron chi connectivity index (χ2n) is 9.43. The summed E-state index contributed by atoms with van der Waals surface area (Å²) in [5.74, 6) is -0.0347. The highest BCUT2D eigenvalue weighted by Crippen LogP contribution is 2.38. The van der Waals surface area contributed by atoms with Gasteiger partial charge in [0.15, 0.2) is 0 Å². The number of anilines is 1. The van der Waals surface area contributed by atoms with E-state index < -0.39 is 0 Å². The fourth-order valence-electron chi connectivity index (χ4n) is 4.11. The van der Waals surface area contributed by atoms with Gasteiger partial charge in [-0.1, -0.05) is 45.0 Å². The molecule has 1 saturated heterocycles. The van der Waals surface area contributed by atoms with Gasteiger partial charge in [0.05, 0.1) is 30.2 Å². The summed E-state index contributed by atoms with van der Waals surface area (Å²) < 4.78 is 6.04. The molecular weight excluding hydrogens is 388 g/mol. The molecule has 4 rings (SSSR count). The topological polar surface area (TPSA) is 90.8 Å². The monoisotopic (exact) mass is 416 g/mol. The van der Waals surface area contributed by atoms with Gasteiger partial charge in [-0.25, -0.2) is 0 Å². The number of nitrogens with one attached hydrogen (secondary N) is 2. The molecule has 1 amide bonds. The molecule has 2 unspecified atom stereocenters.